The van der Waals surface area contributed by atoms with Gasteiger partial charge < -0.3 is 14.2 Å². The molecule has 0 N–H and O–H groups in total. The summed E-state index contributed by atoms with van der Waals surface area (Å²) in [5.74, 6) is 2.63. The van der Waals surface area contributed by atoms with Gasteiger partial charge in [-0.15, -0.1) is 0 Å². The Labute approximate surface area is 151 Å². The maximum atomic E-state index is 5.74. The van der Waals surface area contributed by atoms with Crippen LogP contribution in [0, 0.1) is 0 Å². The van der Waals surface area contributed by atoms with Gasteiger partial charge in [0.2, 0.25) is 0 Å². The second-order valence-corrected chi connectivity index (χ2v) is 6.02. The summed E-state index contributed by atoms with van der Waals surface area (Å²) in [6.07, 6.45) is 5.63. The fourth-order valence-corrected chi connectivity index (χ4v) is 2.63. The van der Waals surface area contributed by atoms with Gasteiger partial charge in [-0.05, 0) is 66.8 Å². The van der Waals surface area contributed by atoms with Crippen molar-refractivity contribution in [2.45, 2.75) is 32.1 Å². The van der Waals surface area contributed by atoms with Gasteiger partial charge in [-0.2, -0.15) is 0 Å². The first-order valence-corrected chi connectivity index (χ1v) is 8.82. The number of hydrogen-bond donors (Lipinski definition) is 0. The van der Waals surface area contributed by atoms with Crippen LogP contribution in [0.25, 0.3) is 5.57 Å². The Balaban J connectivity index is 1.55. The van der Waals surface area contributed by atoms with E-state index in [1.165, 1.54) is 24.0 Å². The second-order valence-electron chi connectivity index (χ2n) is 6.02. The lowest BCUT2D eigenvalue weighted by molar-refractivity contribution is 0.304. The summed E-state index contributed by atoms with van der Waals surface area (Å²) < 4.78 is 16.1. The molecule has 0 unspecified atom stereocenters. The van der Waals surface area contributed by atoms with Gasteiger partial charge in [-0.1, -0.05) is 31.6 Å². The summed E-state index contributed by atoms with van der Waals surface area (Å²) >= 11 is 0. The molecule has 0 bridgehead atoms. The normalized spacial score (nSPS) is 10.3. The van der Waals surface area contributed by atoms with E-state index in [0.29, 0.717) is 0 Å². The van der Waals surface area contributed by atoms with E-state index in [1.807, 2.05) is 36.4 Å². The van der Waals surface area contributed by atoms with Crippen LogP contribution < -0.4 is 14.2 Å². The number of allylic oxidation sites excluding steroid dienone is 1. The van der Waals surface area contributed by atoms with Crippen molar-refractivity contribution in [1.29, 1.82) is 0 Å². The van der Waals surface area contributed by atoms with Gasteiger partial charge in [0.05, 0.1) is 20.8 Å². The van der Waals surface area contributed by atoms with E-state index in [-0.39, 0.29) is 0 Å². The lowest BCUT2D eigenvalue weighted by Gasteiger charge is -2.08. The van der Waals surface area contributed by atoms with Crippen molar-refractivity contribution in [3.05, 3.63) is 60.7 Å². The van der Waals surface area contributed by atoms with E-state index in [1.54, 1.807) is 14.2 Å². The molecule has 0 amide bonds. The highest BCUT2D eigenvalue weighted by Gasteiger charge is 2.00. The molecule has 0 fully saturated rings. The van der Waals surface area contributed by atoms with E-state index < -0.39 is 0 Å². The largest absolute Gasteiger partial charge is 0.497 e. The quantitative estimate of drug-likeness (QED) is 0.488. The molecule has 0 atom stereocenters. The first-order valence-electron chi connectivity index (χ1n) is 8.82. The third-order valence-corrected chi connectivity index (χ3v) is 4.20. The summed E-state index contributed by atoms with van der Waals surface area (Å²) in [6.45, 7) is 4.95. The molecule has 0 heterocycles. The average Bonchev–Trinajstić information content (AvgIpc) is 2.67. The van der Waals surface area contributed by atoms with Crippen molar-refractivity contribution in [3.63, 3.8) is 0 Å². The Bertz CT molecular complexity index is 629. The Hall–Kier alpha value is -2.42. The zero-order valence-corrected chi connectivity index (χ0v) is 15.3. The minimum atomic E-state index is 0.756. The molecule has 0 aliphatic carbocycles. The van der Waals surface area contributed by atoms with Crippen LogP contribution in [-0.4, -0.2) is 20.8 Å². The van der Waals surface area contributed by atoms with Gasteiger partial charge in [0.25, 0.3) is 0 Å². The maximum absolute atomic E-state index is 5.74. The molecule has 0 saturated heterocycles. The van der Waals surface area contributed by atoms with E-state index >= 15 is 0 Å². The number of hydrogen-bond acceptors (Lipinski definition) is 3. The minimum absolute atomic E-state index is 0.756. The summed E-state index contributed by atoms with van der Waals surface area (Å²) in [5.41, 5.74) is 2.39. The van der Waals surface area contributed by atoms with Crippen LogP contribution in [0.5, 0.6) is 17.2 Å². The Morgan fingerprint density at radius 3 is 1.84 bits per heavy atom. The fraction of sp³-hybridized carbons (Fsp3) is 0.364. The molecule has 0 radical (unpaired) electrons. The summed E-state index contributed by atoms with van der Waals surface area (Å²) in [6, 6.07) is 15.8. The second kappa shape index (κ2) is 10.4. The summed E-state index contributed by atoms with van der Waals surface area (Å²) in [7, 11) is 3.35. The number of rotatable bonds is 11. The van der Waals surface area contributed by atoms with E-state index in [0.717, 1.165) is 43.1 Å². The van der Waals surface area contributed by atoms with Crippen molar-refractivity contribution < 1.29 is 14.2 Å². The third-order valence-electron chi connectivity index (χ3n) is 4.20. The first kappa shape index (κ1) is 18.9. The minimum Gasteiger partial charge on any atom is -0.497 e. The van der Waals surface area contributed by atoms with Crippen LogP contribution in [-0.2, 0) is 0 Å². The number of benzene rings is 2. The van der Waals surface area contributed by atoms with Crippen LogP contribution in [0.3, 0.4) is 0 Å². The van der Waals surface area contributed by atoms with Gasteiger partial charge >= 0.3 is 0 Å². The van der Waals surface area contributed by atoms with Gasteiger partial charge in [-0.3, -0.25) is 0 Å². The molecule has 0 aromatic heterocycles. The molecule has 0 aliphatic rings. The SMILES string of the molecule is C=C(CCCCCCOc1ccc(OC)cc1)c1ccc(OC)cc1. The molecule has 0 saturated carbocycles. The van der Waals surface area contributed by atoms with Crippen LogP contribution in [0.15, 0.2) is 55.1 Å². The monoisotopic (exact) mass is 340 g/mol. The molecular formula is C22H28O3. The van der Waals surface area contributed by atoms with Crippen LogP contribution >= 0.6 is 0 Å². The molecule has 2 aromatic carbocycles. The topological polar surface area (TPSA) is 27.7 Å². The van der Waals surface area contributed by atoms with E-state index in [4.69, 9.17) is 14.2 Å². The molecule has 134 valence electrons. The lowest BCUT2D eigenvalue weighted by atomic mass is 10.0. The first-order chi connectivity index (χ1) is 12.2. The zero-order chi connectivity index (χ0) is 17.9. The Kier molecular flexibility index (Phi) is 7.90. The van der Waals surface area contributed by atoms with Gasteiger partial charge in [0.1, 0.15) is 17.2 Å². The van der Waals surface area contributed by atoms with Crippen LogP contribution in [0.1, 0.15) is 37.7 Å². The van der Waals surface area contributed by atoms with Gasteiger partial charge in [-0.25, -0.2) is 0 Å². The molecule has 3 heteroatoms. The highest BCUT2D eigenvalue weighted by molar-refractivity contribution is 5.63. The van der Waals surface area contributed by atoms with Crippen molar-refractivity contribution >= 4 is 5.57 Å². The molecule has 25 heavy (non-hydrogen) atoms. The highest BCUT2D eigenvalue weighted by Crippen LogP contribution is 2.22. The zero-order valence-electron chi connectivity index (χ0n) is 15.3. The fourth-order valence-electron chi connectivity index (χ4n) is 2.63. The van der Waals surface area contributed by atoms with E-state index in [2.05, 4.69) is 18.7 Å². The van der Waals surface area contributed by atoms with Crippen molar-refractivity contribution in [3.8, 4) is 17.2 Å². The predicted molar refractivity (Wildman–Crippen MR) is 104 cm³/mol. The van der Waals surface area contributed by atoms with Gasteiger partial charge in [0.15, 0.2) is 0 Å². The lowest BCUT2D eigenvalue weighted by Crippen LogP contribution is -1.97. The molecule has 2 aromatic rings. The third kappa shape index (κ3) is 6.54. The molecule has 3 nitrogen and oxygen atoms in total. The van der Waals surface area contributed by atoms with Gasteiger partial charge in [0, 0.05) is 0 Å². The van der Waals surface area contributed by atoms with Crippen LogP contribution in [0.4, 0.5) is 0 Å². The molecule has 0 spiro atoms. The average molecular weight is 340 g/mol. The summed E-state index contributed by atoms with van der Waals surface area (Å²) in [4.78, 5) is 0. The number of unbranched alkanes of at least 4 members (excludes halogenated alkanes) is 3. The standard InChI is InChI=1S/C22H28O3/c1-18(19-9-11-20(23-2)12-10-19)8-6-4-5-7-17-25-22-15-13-21(24-3)14-16-22/h9-16H,1,4-8,17H2,2-3H3. The summed E-state index contributed by atoms with van der Waals surface area (Å²) in [5, 5.41) is 0. The van der Waals surface area contributed by atoms with Crippen LogP contribution in [0.2, 0.25) is 0 Å². The molecule has 2 rings (SSSR count). The van der Waals surface area contributed by atoms with Crippen molar-refractivity contribution in [2.24, 2.45) is 0 Å². The Morgan fingerprint density at radius 1 is 0.720 bits per heavy atom. The van der Waals surface area contributed by atoms with Crippen molar-refractivity contribution in [1.82, 2.24) is 0 Å². The molecular weight excluding hydrogens is 312 g/mol. The number of ether oxygens (including phenoxy) is 3. The smallest absolute Gasteiger partial charge is 0.119 e. The van der Waals surface area contributed by atoms with Crippen molar-refractivity contribution in [2.75, 3.05) is 20.8 Å². The maximum Gasteiger partial charge on any atom is 0.119 e. The van der Waals surface area contributed by atoms with E-state index in [9.17, 15) is 0 Å². The predicted octanol–water partition coefficient (Wildman–Crippen LogP) is 5.75. The highest BCUT2D eigenvalue weighted by atomic mass is 16.5. The molecule has 0 aliphatic heterocycles. The Morgan fingerprint density at radius 2 is 1.24 bits per heavy atom. The number of methoxy groups -OCH3 is 2.